The normalized spacial score (nSPS) is 14.1. The van der Waals surface area contributed by atoms with Gasteiger partial charge in [-0.25, -0.2) is 8.42 Å². The van der Waals surface area contributed by atoms with Crippen LogP contribution >= 0.6 is 11.6 Å². The molecule has 252 valence electrons. The number of carbonyl (C=O) groups is 2. The minimum absolute atomic E-state index is 0.0166. The highest BCUT2D eigenvalue weighted by Gasteiger charge is 2.35. The molecule has 1 N–H and O–H groups in total. The molecule has 2 amide bonds. The molecule has 0 aliphatic heterocycles. The van der Waals surface area contributed by atoms with Gasteiger partial charge in [0, 0.05) is 24.0 Å². The Morgan fingerprint density at radius 1 is 0.875 bits per heavy atom. The van der Waals surface area contributed by atoms with E-state index in [1.807, 2.05) is 61.5 Å². The zero-order valence-corrected chi connectivity index (χ0v) is 28.9. The fraction of sp³-hybridized carbons (Fsp3) is 0.316. The Bertz CT molecular complexity index is 1800. The van der Waals surface area contributed by atoms with Crippen LogP contribution in [0.25, 0.3) is 0 Å². The second kappa shape index (κ2) is 16.2. The molecule has 10 heteroatoms. The van der Waals surface area contributed by atoms with Crippen molar-refractivity contribution >= 4 is 39.1 Å². The predicted octanol–water partition coefficient (Wildman–Crippen LogP) is 6.94. The maximum Gasteiger partial charge on any atom is 0.264 e. The van der Waals surface area contributed by atoms with Gasteiger partial charge in [-0.05, 0) is 72.9 Å². The number of nitrogens with one attached hydrogen (secondary N) is 1. The standard InChI is InChI=1S/C38H42ClN3O5S/c1-28-21-22-32(25-35(28)39)42(48(45,46)34-19-10-5-11-20-34)27-37(43)41(26-30-15-12-18-33(23-30)47-2)36(24-29-13-6-3-7-14-29)38(44)40-31-16-8-4-9-17-31/h3,5-7,10-15,18-23,25,31,36H,4,8-9,16-17,24,26-27H2,1-2H3,(H,40,44). The van der Waals surface area contributed by atoms with Gasteiger partial charge in [0.15, 0.2) is 0 Å². The molecule has 1 aliphatic carbocycles. The maximum absolute atomic E-state index is 14.7. The van der Waals surface area contributed by atoms with Crippen LogP contribution in [0.5, 0.6) is 5.75 Å². The molecule has 0 heterocycles. The van der Waals surface area contributed by atoms with E-state index in [9.17, 15) is 18.0 Å². The fourth-order valence-electron chi connectivity index (χ4n) is 6.05. The van der Waals surface area contributed by atoms with Gasteiger partial charge in [-0.3, -0.25) is 13.9 Å². The first kappa shape index (κ1) is 35.0. The number of sulfonamides is 1. The third kappa shape index (κ3) is 8.76. The van der Waals surface area contributed by atoms with Gasteiger partial charge in [0.2, 0.25) is 11.8 Å². The number of aryl methyl sites for hydroxylation is 1. The van der Waals surface area contributed by atoms with Crippen molar-refractivity contribution in [1.82, 2.24) is 10.2 Å². The Balaban J connectivity index is 1.58. The van der Waals surface area contributed by atoms with Gasteiger partial charge in [-0.1, -0.05) is 97.6 Å². The number of hydrogen-bond donors (Lipinski definition) is 1. The van der Waals surface area contributed by atoms with Crippen LogP contribution < -0.4 is 14.4 Å². The van der Waals surface area contributed by atoms with E-state index in [1.54, 1.807) is 43.5 Å². The minimum atomic E-state index is -4.22. The molecule has 1 aliphatic rings. The molecule has 4 aromatic rings. The van der Waals surface area contributed by atoms with Crippen molar-refractivity contribution in [2.45, 2.75) is 69.0 Å². The Morgan fingerprint density at radius 2 is 1.54 bits per heavy atom. The number of carbonyl (C=O) groups excluding carboxylic acids is 2. The van der Waals surface area contributed by atoms with Gasteiger partial charge >= 0.3 is 0 Å². The van der Waals surface area contributed by atoms with Crippen molar-refractivity contribution < 1.29 is 22.7 Å². The first-order chi connectivity index (χ1) is 23.2. The Kier molecular flexibility index (Phi) is 11.8. The van der Waals surface area contributed by atoms with Crippen molar-refractivity contribution in [2.24, 2.45) is 0 Å². The summed E-state index contributed by atoms with van der Waals surface area (Å²) >= 11 is 6.48. The van der Waals surface area contributed by atoms with E-state index in [-0.39, 0.29) is 35.5 Å². The molecule has 48 heavy (non-hydrogen) atoms. The highest BCUT2D eigenvalue weighted by Crippen LogP contribution is 2.29. The lowest BCUT2D eigenvalue weighted by atomic mass is 9.94. The number of rotatable bonds is 13. The number of nitrogens with zero attached hydrogens (tertiary/aromatic N) is 2. The zero-order chi connectivity index (χ0) is 34.1. The summed E-state index contributed by atoms with van der Waals surface area (Å²) in [5, 5.41) is 3.60. The molecular weight excluding hydrogens is 646 g/mol. The minimum Gasteiger partial charge on any atom is -0.497 e. The van der Waals surface area contributed by atoms with E-state index in [2.05, 4.69) is 5.32 Å². The van der Waals surface area contributed by atoms with Crippen molar-refractivity contribution in [1.29, 1.82) is 0 Å². The van der Waals surface area contributed by atoms with Crippen LogP contribution in [0, 0.1) is 6.92 Å². The third-order valence-corrected chi connectivity index (χ3v) is 11.0. The second-order valence-corrected chi connectivity index (χ2v) is 14.4. The number of halogens is 1. The van der Waals surface area contributed by atoms with Crippen molar-refractivity contribution in [3.05, 3.63) is 125 Å². The number of benzene rings is 4. The third-order valence-electron chi connectivity index (χ3n) is 8.76. The molecule has 0 aromatic heterocycles. The summed E-state index contributed by atoms with van der Waals surface area (Å²) < 4.78 is 34.9. The van der Waals surface area contributed by atoms with Crippen molar-refractivity contribution in [2.75, 3.05) is 18.0 Å². The molecule has 8 nitrogen and oxygen atoms in total. The van der Waals surface area contributed by atoms with E-state index in [0.717, 1.165) is 53.1 Å². The lowest BCUT2D eigenvalue weighted by Crippen LogP contribution is -2.55. The van der Waals surface area contributed by atoms with Gasteiger partial charge in [-0.2, -0.15) is 0 Å². The molecule has 0 radical (unpaired) electrons. The summed E-state index contributed by atoms with van der Waals surface area (Å²) in [6.07, 6.45) is 5.21. The van der Waals surface area contributed by atoms with Crippen molar-refractivity contribution in [3.8, 4) is 5.75 Å². The highest BCUT2D eigenvalue weighted by atomic mass is 35.5. The largest absolute Gasteiger partial charge is 0.497 e. The van der Waals surface area contributed by atoms with E-state index >= 15 is 0 Å². The monoisotopic (exact) mass is 687 g/mol. The van der Waals surface area contributed by atoms with E-state index in [4.69, 9.17) is 16.3 Å². The quantitative estimate of drug-likeness (QED) is 0.164. The number of amides is 2. The zero-order valence-electron chi connectivity index (χ0n) is 27.3. The number of ether oxygens (including phenoxy) is 1. The summed E-state index contributed by atoms with van der Waals surface area (Å²) in [5.41, 5.74) is 2.63. The second-order valence-electron chi connectivity index (χ2n) is 12.2. The average molecular weight is 688 g/mol. The van der Waals surface area contributed by atoms with E-state index in [0.29, 0.717) is 10.8 Å². The lowest BCUT2D eigenvalue weighted by molar-refractivity contribution is -0.140. The molecule has 0 bridgehead atoms. The Hall–Kier alpha value is -4.34. The number of hydrogen-bond acceptors (Lipinski definition) is 5. The summed E-state index contributed by atoms with van der Waals surface area (Å²) in [6.45, 7) is 1.32. The first-order valence-corrected chi connectivity index (χ1v) is 18.1. The van der Waals surface area contributed by atoms with Crippen LogP contribution in [0.4, 0.5) is 5.69 Å². The van der Waals surface area contributed by atoms with Gasteiger partial charge in [0.25, 0.3) is 10.0 Å². The highest BCUT2D eigenvalue weighted by molar-refractivity contribution is 7.92. The number of methoxy groups -OCH3 is 1. The van der Waals surface area contributed by atoms with Gasteiger partial charge < -0.3 is 15.0 Å². The van der Waals surface area contributed by atoms with Crippen LogP contribution in [0.2, 0.25) is 5.02 Å². The van der Waals surface area contributed by atoms with Crippen LogP contribution in [-0.4, -0.2) is 50.9 Å². The van der Waals surface area contributed by atoms with Crippen LogP contribution in [0.1, 0.15) is 48.8 Å². The van der Waals surface area contributed by atoms with Crippen LogP contribution in [-0.2, 0) is 32.6 Å². The molecule has 1 saturated carbocycles. The van der Waals surface area contributed by atoms with E-state index < -0.39 is 28.5 Å². The van der Waals surface area contributed by atoms with Gasteiger partial charge in [0.1, 0.15) is 18.3 Å². The Morgan fingerprint density at radius 3 is 2.21 bits per heavy atom. The molecule has 0 spiro atoms. The Labute approximate surface area is 288 Å². The summed E-state index contributed by atoms with van der Waals surface area (Å²) in [5.74, 6) is -0.194. The molecule has 4 aromatic carbocycles. The van der Waals surface area contributed by atoms with Crippen LogP contribution in [0.3, 0.4) is 0 Å². The molecular formula is C38H42ClN3O5S. The lowest BCUT2D eigenvalue weighted by Gasteiger charge is -2.35. The predicted molar refractivity (Wildman–Crippen MR) is 190 cm³/mol. The smallest absolute Gasteiger partial charge is 0.264 e. The summed E-state index contributed by atoms with van der Waals surface area (Å²) in [6, 6.07) is 28.8. The van der Waals surface area contributed by atoms with Crippen LogP contribution in [0.15, 0.2) is 108 Å². The SMILES string of the molecule is COc1cccc(CN(C(=O)CN(c2ccc(C)c(Cl)c2)S(=O)(=O)c2ccccc2)C(Cc2ccccc2)C(=O)NC2CCCCC2)c1. The topological polar surface area (TPSA) is 96.0 Å². The van der Waals surface area contributed by atoms with Gasteiger partial charge in [0.05, 0.1) is 17.7 Å². The average Bonchev–Trinajstić information content (AvgIpc) is 3.11. The molecule has 1 unspecified atom stereocenters. The first-order valence-electron chi connectivity index (χ1n) is 16.3. The maximum atomic E-state index is 14.7. The molecule has 0 saturated heterocycles. The molecule has 5 rings (SSSR count). The summed E-state index contributed by atoms with van der Waals surface area (Å²) in [7, 11) is -2.65. The number of anilines is 1. The molecule has 1 atom stereocenters. The molecule has 1 fully saturated rings. The summed E-state index contributed by atoms with van der Waals surface area (Å²) in [4.78, 5) is 30.5. The fourth-order valence-corrected chi connectivity index (χ4v) is 7.65. The van der Waals surface area contributed by atoms with Crippen molar-refractivity contribution in [3.63, 3.8) is 0 Å². The van der Waals surface area contributed by atoms with E-state index in [1.165, 1.54) is 17.0 Å². The van der Waals surface area contributed by atoms with Gasteiger partial charge in [-0.15, -0.1) is 0 Å².